The molecule has 1 atom stereocenters. The summed E-state index contributed by atoms with van der Waals surface area (Å²) in [6.07, 6.45) is 0. The molecule has 0 aliphatic rings. The Morgan fingerprint density at radius 1 is 1.29 bits per heavy atom. The first-order valence-corrected chi connectivity index (χ1v) is 5.42. The zero-order valence-corrected chi connectivity index (χ0v) is 8.79. The Labute approximate surface area is 87.4 Å². The van der Waals surface area contributed by atoms with E-state index in [9.17, 15) is 0 Å². The standard InChI is InChI=1S/C11H12N2S/c1-8(12)9-4-2-5-10(13-9)11-6-3-7-14-11/h2-8H,12H2,1H3. The Balaban J connectivity index is 2.41. The van der Waals surface area contributed by atoms with Gasteiger partial charge in [0, 0.05) is 6.04 Å². The fraction of sp³-hybridized carbons (Fsp3) is 0.182. The molecule has 1 unspecified atom stereocenters. The second-order valence-corrected chi connectivity index (χ2v) is 4.16. The maximum atomic E-state index is 5.78. The first-order chi connectivity index (χ1) is 6.77. The Morgan fingerprint density at radius 3 is 2.79 bits per heavy atom. The molecule has 0 amide bonds. The number of nitrogens with zero attached hydrogens (tertiary/aromatic N) is 1. The van der Waals surface area contributed by atoms with Crippen molar-refractivity contribution in [2.24, 2.45) is 5.73 Å². The van der Waals surface area contributed by atoms with Gasteiger partial charge in [-0.1, -0.05) is 12.1 Å². The fourth-order valence-electron chi connectivity index (χ4n) is 1.27. The first kappa shape index (κ1) is 9.37. The second-order valence-electron chi connectivity index (χ2n) is 3.21. The van der Waals surface area contributed by atoms with Gasteiger partial charge in [-0.05, 0) is 30.5 Å². The summed E-state index contributed by atoms with van der Waals surface area (Å²) >= 11 is 1.69. The second kappa shape index (κ2) is 3.90. The van der Waals surface area contributed by atoms with Crippen molar-refractivity contribution in [3.63, 3.8) is 0 Å². The highest BCUT2D eigenvalue weighted by atomic mass is 32.1. The molecule has 0 saturated carbocycles. The summed E-state index contributed by atoms with van der Waals surface area (Å²) in [5.41, 5.74) is 7.73. The van der Waals surface area contributed by atoms with Crippen LogP contribution in [0.25, 0.3) is 10.6 Å². The summed E-state index contributed by atoms with van der Waals surface area (Å²) < 4.78 is 0. The van der Waals surface area contributed by atoms with Gasteiger partial charge in [0.1, 0.15) is 0 Å². The summed E-state index contributed by atoms with van der Waals surface area (Å²) in [5, 5.41) is 2.05. The van der Waals surface area contributed by atoms with Crippen LogP contribution in [0, 0.1) is 0 Å². The van der Waals surface area contributed by atoms with E-state index < -0.39 is 0 Å². The van der Waals surface area contributed by atoms with Crippen LogP contribution in [0.1, 0.15) is 18.7 Å². The van der Waals surface area contributed by atoms with E-state index in [-0.39, 0.29) is 6.04 Å². The third kappa shape index (κ3) is 1.84. The molecule has 0 bridgehead atoms. The average Bonchev–Trinajstić information content (AvgIpc) is 2.71. The Kier molecular flexibility index (Phi) is 2.61. The molecular weight excluding hydrogens is 192 g/mol. The highest BCUT2D eigenvalue weighted by Gasteiger charge is 2.04. The van der Waals surface area contributed by atoms with Gasteiger partial charge in [-0.3, -0.25) is 4.98 Å². The molecular formula is C11H12N2S. The molecule has 14 heavy (non-hydrogen) atoms. The molecule has 0 saturated heterocycles. The molecule has 72 valence electrons. The van der Waals surface area contributed by atoms with Crippen molar-refractivity contribution in [1.82, 2.24) is 4.98 Å². The van der Waals surface area contributed by atoms with Crippen molar-refractivity contribution in [2.45, 2.75) is 13.0 Å². The summed E-state index contributed by atoms with van der Waals surface area (Å²) in [6, 6.07) is 10.1. The van der Waals surface area contributed by atoms with Crippen LogP contribution in [0.4, 0.5) is 0 Å². The lowest BCUT2D eigenvalue weighted by Crippen LogP contribution is -2.07. The van der Waals surface area contributed by atoms with E-state index in [1.165, 1.54) is 4.88 Å². The molecule has 0 spiro atoms. The Hall–Kier alpha value is -1.19. The maximum Gasteiger partial charge on any atom is 0.0805 e. The maximum absolute atomic E-state index is 5.78. The molecule has 2 N–H and O–H groups in total. The molecule has 0 radical (unpaired) electrons. The molecule has 0 aromatic carbocycles. The predicted octanol–water partition coefficient (Wildman–Crippen LogP) is 2.83. The lowest BCUT2D eigenvalue weighted by Gasteiger charge is -2.05. The molecule has 2 heterocycles. The van der Waals surface area contributed by atoms with Crippen LogP contribution >= 0.6 is 11.3 Å². The topological polar surface area (TPSA) is 38.9 Å². The number of rotatable bonds is 2. The highest BCUT2D eigenvalue weighted by Crippen LogP contribution is 2.23. The number of thiophene rings is 1. The third-order valence-corrected chi connectivity index (χ3v) is 2.90. The number of nitrogens with two attached hydrogens (primary N) is 1. The average molecular weight is 204 g/mol. The summed E-state index contributed by atoms with van der Waals surface area (Å²) in [4.78, 5) is 5.69. The van der Waals surface area contributed by atoms with E-state index in [1.54, 1.807) is 11.3 Å². The fourth-order valence-corrected chi connectivity index (χ4v) is 1.96. The van der Waals surface area contributed by atoms with Crippen molar-refractivity contribution in [1.29, 1.82) is 0 Å². The molecule has 2 rings (SSSR count). The molecule has 0 aliphatic heterocycles. The van der Waals surface area contributed by atoms with Crippen LogP contribution in [0.2, 0.25) is 0 Å². The minimum atomic E-state index is -0.00471. The van der Waals surface area contributed by atoms with Crippen LogP contribution in [0.5, 0.6) is 0 Å². The molecule has 3 heteroatoms. The van der Waals surface area contributed by atoms with Gasteiger partial charge < -0.3 is 5.73 Å². The quantitative estimate of drug-likeness (QED) is 0.817. The lowest BCUT2D eigenvalue weighted by atomic mass is 10.2. The van der Waals surface area contributed by atoms with E-state index >= 15 is 0 Å². The highest BCUT2D eigenvalue weighted by molar-refractivity contribution is 7.13. The van der Waals surface area contributed by atoms with Crippen LogP contribution in [0.3, 0.4) is 0 Å². The largest absolute Gasteiger partial charge is 0.323 e. The zero-order chi connectivity index (χ0) is 9.97. The predicted molar refractivity (Wildman–Crippen MR) is 60.2 cm³/mol. The van der Waals surface area contributed by atoms with Crippen molar-refractivity contribution in [2.75, 3.05) is 0 Å². The van der Waals surface area contributed by atoms with Gasteiger partial charge in [0.25, 0.3) is 0 Å². The van der Waals surface area contributed by atoms with Crippen molar-refractivity contribution in [3.05, 3.63) is 41.4 Å². The number of aromatic nitrogens is 1. The Morgan fingerprint density at radius 2 is 2.14 bits per heavy atom. The van der Waals surface area contributed by atoms with E-state index in [4.69, 9.17) is 5.73 Å². The minimum Gasteiger partial charge on any atom is -0.323 e. The minimum absolute atomic E-state index is 0.00471. The van der Waals surface area contributed by atoms with E-state index in [1.807, 2.05) is 31.2 Å². The number of pyridine rings is 1. The molecule has 2 aromatic heterocycles. The molecule has 2 aromatic rings. The Bertz CT molecular complexity index is 407. The van der Waals surface area contributed by atoms with Crippen LogP contribution in [0.15, 0.2) is 35.7 Å². The molecule has 0 aliphatic carbocycles. The normalized spacial score (nSPS) is 12.7. The van der Waals surface area contributed by atoms with Gasteiger partial charge in [0.2, 0.25) is 0 Å². The van der Waals surface area contributed by atoms with E-state index in [2.05, 4.69) is 16.4 Å². The van der Waals surface area contributed by atoms with Gasteiger partial charge in [-0.15, -0.1) is 11.3 Å². The lowest BCUT2D eigenvalue weighted by molar-refractivity contribution is 0.783. The van der Waals surface area contributed by atoms with Crippen LogP contribution < -0.4 is 5.73 Å². The molecule has 2 nitrogen and oxygen atoms in total. The van der Waals surface area contributed by atoms with Gasteiger partial charge in [-0.25, -0.2) is 0 Å². The first-order valence-electron chi connectivity index (χ1n) is 4.54. The number of hydrogen-bond acceptors (Lipinski definition) is 3. The van der Waals surface area contributed by atoms with E-state index in [0.717, 1.165) is 11.4 Å². The molecule has 0 fully saturated rings. The van der Waals surface area contributed by atoms with Crippen molar-refractivity contribution < 1.29 is 0 Å². The van der Waals surface area contributed by atoms with Gasteiger partial charge >= 0.3 is 0 Å². The smallest absolute Gasteiger partial charge is 0.0805 e. The third-order valence-electron chi connectivity index (χ3n) is 2.01. The van der Waals surface area contributed by atoms with Gasteiger partial charge in [0.05, 0.1) is 16.3 Å². The summed E-state index contributed by atoms with van der Waals surface area (Å²) in [5.74, 6) is 0. The van der Waals surface area contributed by atoms with Crippen LogP contribution in [-0.2, 0) is 0 Å². The number of hydrogen-bond donors (Lipinski definition) is 1. The monoisotopic (exact) mass is 204 g/mol. The zero-order valence-electron chi connectivity index (χ0n) is 7.97. The van der Waals surface area contributed by atoms with E-state index in [0.29, 0.717) is 0 Å². The van der Waals surface area contributed by atoms with Crippen LogP contribution in [-0.4, -0.2) is 4.98 Å². The summed E-state index contributed by atoms with van der Waals surface area (Å²) in [6.45, 7) is 1.94. The summed E-state index contributed by atoms with van der Waals surface area (Å²) in [7, 11) is 0. The SMILES string of the molecule is CC(N)c1cccc(-c2cccs2)n1. The van der Waals surface area contributed by atoms with Gasteiger partial charge in [0.15, 0.2) is 0 Å². The van der Waals surface area contributed by atoms with Gasteiger partial charge in [-0.2, -0.15) is 0 Å². The van der Waals surface area contributed by atoms with Crippen molar-refractivity contribution >= 4 is 11.3 Å². The van der Waals surface area contributed by atoms with Crippen molar-refractivity contribution in [3.8, 4) is 10.6 Å².